The number of pyridine rings is 1. The summed E-state index contributed by atoms with van der Waals surface area (Å²) in [5.74, 6) is -3.03. The lowest BCUT2D eigenvalue weighted by Gasteiger charge is -2.11. The molecule has 0 bridgehead atoms. The molecule has 1 heterocycles. The van der Waals surface area contributed by atoms with Crippen LogP contribution in [0.3, 0.4) is 0 Å². The van der Waals surface area contributed by atoms with Gasteiger partial charge < -0.3 is 10.6 Å². The van der Waals surface area contributed by atoms with E-state index in [1.165, 1.54) is 24.5 Å². The molecule has 2 N–H and O–H groups in total. The Morgan fingerprint density at radius 2 is 1.43 bits per heavy atom. The molecule has 0 saturated heterocycles. The maximum absolute atomic E-state index is 13.7. The first-order valence-corrected chi connectivity index (χ1v) is 8.45. The van der Waals surface area contributed by atoms with E-state index in [0.717, 1.165) is 23.3 Å². The number of hydrogen-bond acceptors (Lipinski definition) is 3. The molecular formula is C21H17F2N3O2. The fourth-order valence-corrected chi connectivity index (χ4v) is 2.57. The molecule has 7 heteroatoms. The van der Waals surface area contributed by atoms with Gasteiger partial charge in [-0.3, -0.25) is 14.6 Å². The Morgan fingerprint density at radius 1 is 0.857 bits per heavy atom. The third-order valence-corrected chi connectivity index (χ3v) is 4.32. The second-order valence-electron chi connectivity index (χ2n) is 6.21. The topological polar surface area (TPSA) is 71.1 Å². The van der Waals surface area contributed by atoms with Gasteiger partial charge in [-0.25, -0.2) is 8.78 Å². The van der Waals surface area contributed by atoms with Crippen LogP contribution in [0.1, 0.15) is 31.8 Å². The molecule has 0 atom stereocenters. The van der Waals surface area contributed by atoms with Crippen LogP contribution in [0.2, 0.25) is 0 Å². The summed E-state index contributed by atoms with van der Waals surface area (Å²) in [4.78, 5) is 28.7. The summed E-state index contributed by atoms with van der Waals surface area (Å²) < 4.78 is 27.4. The number of carbonyl (C=O) groups excluding carboxylic acids is 2. The highest BCUT2D eigenvalue weighted by Gasteiger charge is 2.16. The molecule has 2 amide bonds. The normalized spacial score (nSPS) is 10.4. The molecule has 0 unspecified atom stereocenters. The molecule has 0 radical (unpaired) electrons. The van der Waals surface area contributed by atoms with Crippen molar-refractivity contribution < 1.29 is 18.4 Å². The lowest BCUT2D eigenvalue weighted by atomic mass is 10.1. The number of benzene rings is 2. The van der Waals surface area contributed by atoms with Crippen molar-refractivity contribution in [3.05, 3.63) is 88.7 Å². The zero-order valence-corrected chi connectivity index (χ0v) is 15.2. The number of hydrogen-bond donors (Lipinski definition) is 2. The number of anilines is 2. The van der Waals surface area contributed by atoms with Gasteiger partial charge in [0.2, 0.25) is 0 Å². The van der Waals surface area contributed by atoms with E-state index >= 15 is 0 Å². The number of rotatable bonds is 4. The largest absolute Gasteiger partial charge is 0.322 e. The number of amides is 2. The molecule has 142 valence electrons. The molecule has 0 aliphatic carbocycles. The van der Waals surface area contributed by atoms with E-state index in [0.29, 0.717) is 5.69 Å². The fraction of sp³-hybridized carbons (Fsp3) is 0.0952. The third kappa shape index (κ3) is 4.03. The van der Waals surface area contributed by atoms with E-state index in [1.54, 1.807) is 6.07 Å². The predicted octanol–water partition coefficient (Wildman–Crippen LogP) is 4.48. The Kier molecular flexibility index (Phi) is 5.44. The number of halogens is 2. The molecule has 0 aliphatic rings. The molecule has 2 aromatic carbocycles. The lowest BCUT2D eigenvalue weighted by molar-refractivity contribution is 0.102. The van der Waals surface area contributed by atoms with Gasteiger partial charge in [-0.15, -0.1) is 0 Å². The molecule has 0 fully saturated rings. The van der Waals surface area contributed by atoms with Gasteiger partial charge in [-0.1, -0.05) is 18.2 Å². The molecule has 0 saturated carbocycles. The second kappa shape index (κ2) is 7.96. The summed E-state index contributed by atoms with van der Waals surface area (Å²) in [5, 5.41) is 4.94. The monoisotopic (exact) mass is 381 g/mol. The Balaban J connectivity index is 1.81. The van der Waals surface area contributed by atoms with Crippen molar-refractivity contribution in [1.82, 2.24) is 4.98 Å². The van der Waals surface area contributed by atoms with Crippen molar-refractivity contribution in [2.75, 3.05) is 10.6 Å². The van der Waals surface area contributed by atoms with Gasteiger partial charge in [0.05, 0.1) is 11.1 Å². The van der Waals surface area contributed by atoms with Crippen LogP contribution in [0, 0.1) is 25.5 Å². The fourth-order valence-electron chi connectivity index (χ4n) is 2.57. The minimum absolute atomic E-state index is 0.00346. The summed E-state index contributed by atoms with van der Waals surface area (Å²) in [6.07, 6.45) is 2.52. The average molecular weight is 381 g/mol. The van der Waals surface area contributed by atoms with Crippen LogP contribution in [0.5, 0.6) is 0 Å². The molecule has 28 heavy (non-hydrogen) atoms. The number of nitrogens with zero attached hydrogens (tertiary/aromatic N) is 1. The maximum atomic E-state index is 13.7. The van der Waals surface area contributed by atoms with Crippen LogP contribution >= 0.6 is 0 Å². The van der Waals surface area contributed by atoms with Crippen molar-refractivity contribution in [2.24, 2.45) is 0 Å². The van der Waals surface area contributed by atoms with Crippen LogP contribution in [0.25, 0.3) is 0 Å². The number of aromatic nitrogens is 1. The van der Waals surface area contributed by atoms with Crippen molar-refractivity contribution in [2.45, 2.75) is 13.8 Å². The first-order chi connectivity index (χ1) is 13.4. The van der Waals surface area contributed by atoms with Gasteiger partial charge in [0, 0.05) is 18.1 Å². The average Bonchev–Trinajstić information content (AvgIpc) is 2.68. The van der Waals surface area contributed by atoms with Gasteiger partial charge in [0.1, 0.15) is 17.3 Å². The highest BCUT2D eigenvalue weighted by Crippen LogP contribution is 2.20. The molecule has 3 rings (SSSR count). The predicted molar refractivity (Wildman–Crippen MR) is 102 cm³/mol. The van der Waals surface area contributed by atoms with Crippen LogP contribution < -0.4 is 10.6 Å². The van der Waals surface area contributed by atoms with Crippen LogP contribution in [0.4, 0.5) is 20.2 Å². The molecule has 0 aliphatic heterocycles. The van der Waals surface area contributed by atoms with Gasteiger partial charge in [-0.2, -0.15) is 0 Å². The lowest BCUT2D eigenvalue weighted by Crippen LogP contribution is -2.17. The van der Waals surface area contributed by atoms with E-state index in [9.17, 15) is 18.4 Å². The highest BCUT2D eigenvalue weighted by atomic mass is 19.1. The van der Waals surface area contributed by atoms with E-state index in [1.807, 2.05) is 26.0 Å². The quantitative estimate of drug-likeness (QED) is 0.700. The van der Waals surface area contributed by atoms with Crippen molar-refractivity contribution in [3.63, 3.8) is 0 Å². The highest BCUT2D eigenvalue weighted by molar-refractivity contribution is 6.08. The van der Waals surface area contributed by atoms with Gasteiger partial charge in [0.25, 0.3) is 11.8 Å². The van der Waals surface area contributed by atoms with Crippen LogP contribution in [0.15, 0.2) is 54.9 Å². The molecule has 1 aromatic heterocycles. The van der Waals surface area contributed by atoms with Crippen LogP contribution in [-0.4, -0.2) is 16.8 Å². The van der Waals surface area contributed by atoms with Crippen molar-refractivity contribution >= 4 is 23.2 Å². The standard InChI is InChI=1S/C21H17F2N3O2/c1-12-5-3-8-18(13(12)2)25-20(27)14-9-15(11-24-10-14)21(28)26-19-16(22)6-4-7-17(19)23/h3-11H,1-2H3,(H,25,27)(H,26,28). The molecular weight excluding hydrogens is 364 g/mol. The van der Waals surface area contributed by atoms with E-state index in [4.69, 9.17) is 0 Å². The Morgan fingerprint density at radius 3 is 2.07 bits per heavy atom. The Bertz CT molecular complexity index is 1050. The van der Waals surface area contributed by atoms with Crippen molar-refractivity contribution in [3.8, 4) is 0 Å². The summed E-state index contributed by atoms with van der Waals surface area (Å²) in [5.41, 5.74) is 2.17. The Labute approximate surface area is 160 Å². The van der Waals surface area contributed by atoms with E-state index in [2.05, 4.69) is 15.6 Å². The summed E-state index contributed by atoms with van der Waals surface area (Å²) in [6.45, 7) is 3.81. The molecule has 5 nitrogen and oxygen atoms in total. The SMILES string of the molecule is Cc1cccc(NC(=O)c2cncc(C(=O)Nc3c(F)cccc3F)c2)c1C. The van der Waals surface area contributed by atoms with E-state index < -0.39 is 29.1 Å². The summed E-state index contributed by atoms with van der Waals surface area (Å²) in [7, 11) is 0. The molecule has 0 spiro atoms. The first-order valence-electron chi connectivity index (χ1n) is 8.45. The van der Waals surface area contributed by atoms with Crippen molar-refractivity contribution in [1.29, 1.82) is 0 Å². The van der Waals surface area contributed by atoms with Gasteiger partial charge >= 0.3 is 0 Å². The number of aryl methyl sites for hydroxylation is 1. The van der Waals surface area contributed by atoms with Gasteiger partial charge in [-0.05, 0) is 49.2 Å². The summed E-state index contributed by atoms with van der Waals surface area (Å²) in [6, 6.07) is 10.1. The second-order valence-corrected chi connectivity index (χ2v) is 6.21. The third-order valence-electron chi connectivity index (χ3n) is 4.32. The smallest absolute Gasteiger partial charge is 0.257 e. The summed E-state index contributed by atoms with van der Waals surface area (Å²) >= 11 is 0. The minimum Gasteiger partial charge on any atom is -0.322 e. The number of para-hydroxylation sites is 1. The number of carbonyl (C=O) groups is 2. The number of nitrogens with one attached hydrogen (secondary N) is 2. The first kappa shape index (κ1) is 19.2. The zero-order valence-electron chi connectivity index (χ0n) is 15.2. The molecule has 3 aromatic rings. The van der Waals surface area contributed by atoms with E-state index in [-0.39, 0.29) is 11.1 Å². The minimum atomic E-state index is -0.898. The zero-order chi connectivity index (χ0) is 20.3. The maximum Gasteiger partial charge on any atom is 0.257 e. The van der Waals surface area contributed by atoms with Gasteiger partial charge in [0.15, 0.2) is 0 Å². The van der Waals surface area contributed by atoms with Crippen LogP contribution in [-0.2, 0) is 0 Å². The Hall–Kier alpha value is -3.61.